The van der Waals surface area contributed by atoms with Gasteiger partial charge in [0, 0.05) is 19.4 Å². The average Bonchev–Trinajstić information content (AvgIpc) is 2.64. The fraction of sp³-hybridized carbons (Fsp3) is 0.909. The van der Waals surface area contributed by atoms with E-state index in [9.17, 15) is 9.59 Å². The van der Waals surface area contributed by atoms with Gasteiger partial charge in [-0.15, -0.1) is 0 Å². The number of ether oxygens (including phenoxy) is 1. The Morgan fingerprint density at radius 2 is 0.963 bits per heavy atom. The SMILES string of the molecule is O=C(O)CCCCCCCCC(=O)OCCCCCCCCCCCCO. The molecule has 0 bridgehead atoms. The number of esters is 1. The van der Waals surface area contributed by atoms with Gasteiger partial charge in [-0.05, 0) is 25.7 Å². The number of rotatable bonds is 21. The number of aliphatic hydroxyl groups is 1. The lowest BCUT2D eigenvalue weighted by Gasteiger charge is -2.05. The van der Waals surface area contributed by atoms with Crippen LogP contribution in [0.4, 0.5) is 0 Å². The number of carbonyl (C=O) groups is 2. The third-order valence-electron chi connectivity index (χ3n) is 4.84. The van der Waals surface area contributed by atoms with Crippen molar-refractivity contribution in [3.63, 3.8) is 0 Å². The predicted octanol–water partition coefficient (Wildman–Crippen LogP) is 5.63. The smallest absolute Gasteiger partial charge is 0.305 e. The van der Waals surface area contributed by atoms with Crippen molar-refractivity contribution in [1.29, 1.82) is 0 Å². The van der Waals surface area contributed by atoms with E-state index in [1.807, 2.05) is 0 Å². The molecule has 5 heteroatoms. The molecule has 0 rings (SSSR count). The molecule has 5 nitrogen and oxygen atoms in total. The molecule has 160 valence electrons. The van der Waals surface area contributed by atoms with Gasteiger partial charge in [0.1, 0.15) is 0 Å². The minimum Gasteiger partial charge on any atom is -0.481 e. The second kappa shape index (κ2) is 21.2. The van der Waals surface area contributed by atoms with Crippen molar-refractivity contribution in [2.24, 2.45) is 0 Å². The van der Waals surface area contributed by atoms with Crippen molar-refractivity contribution < 1.29 is 24.5 Å². The zero-order chi connectivity index (χ0) is 20.0. The Kier molecular flexibility index (Phi) is 20.3. The van der Waals surface area contributed by atoms with Crippen molar-refractivity contribution in [2.75, 3.05) is 13.2 Å². The highest BCUT2D eigenvalue weighted by atomic mass is 16.5. The first-order valence-corrected chi connectivity index (χ1v) is 11.1. The molecular formula is C22H42O5. The average molecular weight is 387 g/mol. The Hall–Kier alpha value is -1.10. The minimum absolute atomic E-state index is 0.0799. The molecule has 0 amide bonds. The fourth-order valence-electron chi connectivity index (χ4n) is 3.14. The summed E-state index contributed by atoms with van der Waals surface area (Å²) in [4.78, 5) is 22.0. The third-order valence-corrected chi connectivity index (χ3v) is 4.84. The number of carboxylic acid groups (broad SMARTS) is 1. The second-order valence-electron chi connectivity index (χ2n) is 7.49. The number of aliphatic hydroxyl groups excluding tert-OH is 1. The Labute approximate surface area is 165 Å². The monoisotopic (exact) mass is 386 g/mol. The van der Waals surface area contributed by atoms with Crippen LogP contribution in [0.5, 0.6) is 0 Å². The molecule has 0 aliphatic carbocycles. The Morgan fingerprint density at radius 3 is 1.44 bits per heavy atom. The molecule has 0 aromatic heterocycles. The van der Waals surface area contributed by atoms with E-state index >= 15 is 0 Å². The van der Waals surface area contributed by atoms with E-state index in [1.54, 1.807) is 0 Å². The highest BCUT2D eigenvalue weighted by Crippen LogP contribution is 2.11. The van der Waals surface area contributed by atoms with Gasteiger partial charge in [-0.2, -0.15) is 0 Å². The number of unbranched alkanes of at least 4 members (excludes halogenated alkanes) is 14. The van der Waals surface area contributed by atoms with Crippen molar-refractivity contribution in [2.45, 2.75) is 116 Å². The van der Waals surface area contributed by atoms with E-state index < -0.39 is 5.97 Å². The van der Waals surface area contributed by atoms with Crippen LogP contribution in [0.25, 0.3) is 0 Å². The van der Waals surface area contributed by atoms with Crippen LogP contribution < -0.4 is 0 Å². The Bertz CT molecular complexity index is 344. The van der Waals surface area contributed by atoms with E-state index in [-0.39, 0.29) is 12.4 Å². The summed E-state index contributed by atoms with van der Waals surface area (Å²) < 4.78 is 5.27. The maximum Gasteiger partial charge on any atom is 0.305 e. The summed E-state index contributed by atoms with van der Waals surface area (Å²) in [6, 6.07) is 0. The predicted molar refractivity (Wildman–Crippen MR) is 109 cm³/mol. The molecule has 0 aliphatic rings. The molecule has 0 fully saturated rings. The zero-order valence-electron chi connectivity index (χ0n) is 17.3. The normalized spacial score (nSPS) is 10.9. The van der Waals surface area contributed by atoms with Gasteiger partial charge >= 0.3 is 11.9 Å². The molecule has 0 heterocycles. The number of hydrogen-bond donors (Lipinski definition) is 2. The first-order chi connectivity index (χ1) is 13.2. The largest absolute Gasteiger partial charge is 0.481 e. The fourth-order valence-corrected chi connectivity index (χ4v) is 3.14. The van der Waals surface area contributed by atoms with Crippen LogP contribution in [0.2, 0.25) is 0 Å². The summed E-state index contributed by atoms with van der Waals surface area (Å²) in [6.45, 7) is 0.871. The number of aliphatic carboxylic acids is 1. The second-order valence-corrected chi connectivity index (χ2v) is 7.49. The first-order valence-electron chi connectivity index (χ1n) is 11.1. The number of carbonyl (C=O) groups excluding carboxylic acids is 1. The van der Waals surface area contributed by atoms with Crippen molar-refractivity contribution >= 4 is 11.9 Å². The van der Waals surface area contributed by atoms with Crippen molar-refractivity contribution in [3.8, 4) is 0 Å². The molecule has 0 aromatic carbocycles. The minimum atomic E-state index is -0.719. The van der Waals surface area contributed by atoms with Crippen LogP contribution >= 0.6 is 0 Å². The highest BCUT2D eigenvalue weighted by molar-refractivity contribution is 5.69. The van der Waals surface area contributed by atoms with Gasteiger partial charge in [-0.1, -0.05) is 77.0 Å². The number of hydrogen-bond acceptors (Lipinski definition) is 4. The zero-order valence-corrected chi connectivity index (χ0v) is 17.3. The van der Waals surface area contributed by atoms with Gasteiger partial charge in [-0.25, -0.2) is 0 Å². The van der Waals surface area contributed by atoms with Gasteiger partial charge in [0.2, 0.25) is 0 Å². The standard InChI is InChI=1S/C22H42O5/c23-19-15-11-7-3-1-2-4-8-12-16-20-27-22(26)18-14-10-6-5-9-13-17-21(24)25/h23H,1-20H2,(H,24,25). The van der Waals surface area contributed by atoms with Crippen LogP contribution in [0.3, 0.4) is 0 Å². The molecule has 0 spiro atoms. The Balaban J connectivity index is 3.16. The third kappa shape index (κ3) is 22.9. The lowest BCUT2D eigenvalue weighted by Crippen LogP contribution is -2.05. The topological polar surface area (TPSA) is 83.8 Å². The van der Waals surface area contributed by atoms with Crippen LogP contribution in [0, 0.1) is 0 Å². The van der Waals surface area contributed by atoms with Crippen molar-refractivity contribution in [1.82, 2.24) is 0 Å². The van der Waals surface area contributed by atoms with Crippen LogP contribution in [-0.4, -0.2) is 35.4 Å². The Morgan fingerprint density at radius 1 is 0.556 bits per heavy atom. The highest BCUT2D eigenvalue weighted by Gasteiger charge is 2.03. The summed E-state index contributed by atoms with van der Waals surface area (Å²) in [5, 5.41) is 17.2. The summed E-state index contributed by atoms with van der Waals surface area (Å²) in [5.41, 5.74) is 0. The first kappa shape index (κ1) is 25.9. The maximum atomic E-state index is 11.6. The van der Waals surface area contributed by atoms with Crippen LogP contribution in [0.1, 0.15) is 116 Å². The molecule has 2 N–H and O–H groups in total. The quantitative estimate of drug-likeness (QED) is 0.197. The summed E-state index contributed by atoms with van der Waals surface area (Å²) in [5.74, 6) is -0.799. The molecule has 0 saturated heterocycles. The molecule has 0 atom stereocenters. The molecular weight excluding hydrogens is 344 g/mol. The van der Waals surface area contributed by atoms with Gasteiger partial charge in [-0.3, -0.25) is 9.59 Å². The van der Waals surface area contributed by atoms with Crippen molar-refractivity contribution in [3.05, 3.63) is 0 Å². The van der Waals surface area contributed by atoms with E-state index in [0.29, 0.717) is 19.6 Å². The molecule has 0 aliphatic heterocycles. The lowest BCUT2D eigenvalue weighted by molar-refractivity contribution is -0.144. The molecule has 0 saturated carbocycles. The van der Waals surface area contributed by atoms with Gasteiger partial charge in [0.05, 0.1) is 6.61 Å². The van der Waals surface area contributed by atoms with E-state index in [0.717, 1.165) is 64.2 Å². The molecule has 0 aromatic rings. The molecule has 0 radical (unpaired) electrons. The molecule has 27 heavy (non-hydrogen) atoms. The van der Waals surface area contributed by atoms with E-state index in [4.69, 9.17) is 14.9 Å². The van der Waals surface area contributed by atoms with E-state index in [1.165, 1.54) is 38.5 Å². The van der Waals surface area contributed by atoms with Gasteiger partial charge < -0.3 is 14.9 Å². The maximum absolute atomic E-state index is 11.6. The van der Waals surface area contributed by atoms with Crippen LogP contribution in [-0.2, 0) is 14.3 Å². The van der Waals surface area contributed by atoms with Gasteiger partial charge in [0.25, 0.3) is 0 Å². The van der Waals surface area contributed by atoms with E-state index in [2.05, 4.69) is 0 Å². The van der Waals surface area contributed by atoms with Crippen LogP contribution in [0.15, 0.2) is 0 Å². The molecule has 0 unspecified atom stereocenters. The summed E-state index contributed by atoms with van der Waals surface area (Å²) >= 11 is 0. The summed E-state index contributed by atoms with van der Waals surface area (Å²) in [7, 11) is 0. The van der Waals surface area contributed by atoms with Gasteiger partial charge in [0.15, 0.2) is 0 Å². The number of carboxylic acids is 1. The lowest BCUT2D eigenvalue weighted by atomic mass is 10.1. The summed E-state index contributed by atoms with van der Waals surface area (Å²) in [6.07, 6.45) is 18.2.